The Morgan fingerprint density at radius 2 is 2.24 bits per heavy atom. The third-order valence-corrected chi connectivity index (χ3v) is 4.22. The van der Waals surface area contributed by atoms with Crippen LogP contribution in [0.4, 0.5) is 5.00 Å². The van der Waals surface area contributed by atoms with Crippen molar-refractivity contribution in [3.05, 3.63) is 24.3 Å². The van der Waals surface area contributed by atoms with Gasteiger partial charge >= 0.3 is 0 Å². The normalized spacial score (nSPS) is 14.7. The van der Waals surface area contributed by atoms with E-state index >= 15 is 0 Å². The molecule has 92 valence electrons. The van der Waals surface area contributed by atoms with Gasteiger partial charge in [0.15, 0.2) is 0 Å². The van der Waals surface area contributed by atoms with Crippen molar-refractivity contribution in [2.75, 3.05) is 17.3 Å². The summed E-state index contributed by atoms with van der Waals surface area (Å²) < 4.78 is 15.4. The largest absolute Gasteiger partial charge is 0.373 e. The van der Waals surface area contributed by atoms with Crippen LogP contribution in [-0.2, 0) is 10.8 Å². The second-order valence-electron chi connectivity index (χ2n) is 4.14. The van der Waals surface area contributed by atoms with Gasteiger partial charge in [0, 0.05) is 34.2 Å². The van der Waals surface area contributed by atoms with Crippen LogP contribution in [0, 0.1) is 0 Å². The van der Waals surface area contributed by atoms with E-state index in [0.717, 1.165) is 22.7 Å². The van der Waals surface area contributed by atoms with Gasteiger partial charge in [0.2, 0.25) is 0 Å². The molecule has 2 atom stereocenters. The monoisotopic (exact) mass is 268 g/mol. The summed E-state index contributed by atoms with van der Waals surface area (Å²) in [6.45, 7) is 2.11. The molecule has 1 aromatic carbocycles. The first-order valence-electron chi connectivity index (χ1n) is 5.58. The molecular weight excluding hydrogens is 252 g/mol. The number of anilines is 1. The van der Waals surface area contributed by atoms with Crippen molar-refractivity contribution in [3.8, 4) is 0 Å². The smallest absolute Gasteiger partial charge is 0.117 e. The fourth-order valence-corrected chi connectivity index (χ4v) is 3.19. The number of rotatable bonds is 5. The number of hydrogen-bond acceptors (Lipinski definition) is 4. The zero-order valence-corrected chi connectivity index (χ0v) is 11.6. The van der Waals surface area contributed by atoms with Crippen LogP contribution in [-0.4, -0.2) is 26.6 Å². The minimum absolute atomic E-state index is 0.322. The molecular formula is C12H16N2OS2. The van der Waals surface area contributed by atoms with Gasteiger partial charge in [0.05, 0.1) is 5.52 Å². The molecule has 0 aliphatic rings. The van der Waals surface area contributed by atoms with E-state index in [0.29, 0.717) is 6.04 Å². The maximum absolute atomic E-state index is 11.0. The van der Waals surface area contributed by atoms with Crippen LogP contribution >= 0.6 is 11.5 Å². The summed E-state index contributed by atoms with van der Waals surface area (Å²) in [5.41, 5.74) is 1.03. The maximum Gasteiger partial charge on any atom is 0.117 e. The molecule has 0 aliphatic heterocycles. The Kier molecular flexibility index (Phi) is 4.12. The minimum atomic E-state index is -0.714. The first kappa shape index (κ1) is 12.5. The van der Waals surface area contributed by atoms with Crippen molar-refractivity contribution in [2.24, 2.45) is 0 Å². The van der Waals surface area contributed by atoms with Gasteiger partial charge < -0.3 is 5.32 Å². The molecule has 0 radical (unpaired) electrons. The Morgan fingerprint density at radius 3 is 3.00 bits per heavy atom. The first-order valence-corrected chi connectivity index (χ1v) is 8.08. The van der Waals surface area contributed by atoms with Gasteiger partial charge in [0.1, 0.15) is 5.00 Å². The molecule has 0 fully saturated rings. The lowest BCUT2D eigenvalue weighted by Crippen LogP contribution is -2.17. The Hall–Kier alpha value is -0.940. The predicted molar refractivity (Wildman–Crippen MR) is 76.3 cm³/mol. The quantitative estimate of drug-likeness (QED) is 0.906. The SMILES string of the molecule is CC(CCS(C)=O)Nc1snc2ccccc12. The Bertz CT molecular complexity index is 524. The third-order valence-electron chi connectivity index (χ3n) is 2.60. The molecule has 17 heavy (non-hydrogen) atoms. The minimum Gasteiger partial charge on any atom is -0.373 e. The Labute approximate surface area is 108 Å². The fraction of sp³-hybridized carbons (Fsp3) is 0.417. The highest BCUT2D eigenvalue weighted by atomic mass is 32.2. The molecule has 1 aromatic heterocycles. The molecule has 2 unspecified atom stereocenters. The number of hydrogen-bond donors (Lipinski definition) is 1. The van der Waals surface area contributed by atoms with E-state index in [1.54, 1.807) is 6.26 Å². The third kappa shape index (κ3) is 3.26. The van der Waals surface area contributed by atoms with Gasteiger partial charge in [-0.25, -0.2) is 0 Å². The van der Waals surface area contributed by atoms with Crippen LogP contribution in [0.15, 0.2) is 24.3 Å². The van der Waals surface area contributed by atoms with Gasteiger partial charge in [-0.15, -0.1) is 0 Å². The summed E-state index contributed by atoms with van der Waals surface area (Å²) in [4.78, 5) is 0. The number of aromatic nitrogens is 1. The average Bonchev–Trinajstić information content (AvgIpc) is 2.70. The number of nitrogens with one attached hydrogen (secondary N) is 1. The van der Waals surface area contributed by atoms with Crippen molar-refractivity contribution in [1.29, 1.82) is 0 Å². The Morgan fingerprint density at radius 1 is 1.47 bits per heavy atom. The molecule has 0 saturated heterocycles. The molecule has 3 nitrogen and oxygen atoms in total. The van der Waals surface area contributed by atoms with E-state index in [-0.39, 0.29) is 0 Å². The first-order chi connectivity index (χ1) is 8.16. The summed E-state index contributed by atoms with van der Waals surface area (Å²) in [5.74, 6) is 0.741. The van der Waals surface area contributed by atoms with Gasteiger partial charge in [-0.05, 0) is 37.0 Å². The van der Waals surface area contributed by atoms with Crippen LogP contribution in [0.1, 0.15) is 13.3 Å². The predicted octanol–water partition coefficient (Wildman–Crippen LogP) is 2.87. The van der Waals surface area contributed by atoms with E-state index in [1.165, 1.54) is 16.9 Å². The fourth-order valence-electron chi connectivity index (χ4n) is 1.63. The average molecular weight is 268 g/mol. The molecule has 0 bridgehead atoms. The van der Waals surface area contributed by atoms with Crippen molar-refractivity contribution in [1.82, 2.24) is 4.37 Å². The highest BCUT2D eigenvalue weighted by Crippen LogP contribution is 2.28. The summed E-state index contributed by atoms with van der Waals surface area (Å²) in [5, 5.41) is 5.72. The van der Waals surface area contributed by atoms with Gasteiger partial charge in [-0.3, -0.25) is 4.21 Å². The van der Waals surface area contributed by atoms with E-state index in [4.69, 9.17) is 0 Å². The van der Waals surface area contributed by atoms with E-state index in [2.05, 4.69) is 22.7 Å². The molecule has 0 spiro atoms. The van der Waals surface area contributed by atoms with E-state index in [1.807, 2.05) is 18.2 Å². The number of benzene rings is 1. The van der Waals surface area contributed by atoms with E-state index in [9.17, 15) is 4.21 Å². The second kappa shape index (κ2) is 5.60. The van der Waals surface area contributed by atoms with Crippen molar-refractivity contribution in [3.63, 3.8) is 0 Å². The van der Waals surface area contributed by atoms with Gasteiger partial charge in [0.25, 0.3) is 0 Å². The molecule has 2 aromatic rings. The molecule has 5 heteroatoms. The molecule has 2 rings (SSSR count). The van der Waals surface area contributed by atoms with E-state index < -0.39 is 10.8 Å². The van der Waals surface area contributed by atoms with Crippen LogP contribution < -0.4 is 5.32 Å². The highest BCUT2D eigenvalue weighted by molar-refractivity contribution is 7.84. The lowest BCUT2D eigenvalue weighted by atomic mass is 10.2. The van der Waals surface area contributed by atoms with Gasteiger partial charge in [-0.1, -0.05) is 12.1 Å². The molecule has 0 aliphatic carbocycles. The molecule has 1 heterocycles. The lowest BCUT2D eigenvalue weighted by molar-refractivity contribution is 0.679. The number of fused-ring (bicyclic) bond motifs is 1. The zero-order valence-electron chi connectivity index (χ0n) is 9.97. The van der Waals surface area contributed by atoms with Crippen molar-refractivity contribution in [2.45, 2.75) is 19.4 Å². The maximum atomic E-state index is 11.0. The lowest BCUT2D eigenvalue weighted by Gasteiger charge is -2.12. The standard InChI is InChI=1S/C12H16N2OS2/c1-9(7-8-17(2)15)13-12-10-5-3-4-6-11(10)14-16-12/h3-6,9,13H,7-8H2,1-2H3. The van der Waals surface area contributed by atoms with Gasteiger partial charge in [-0.2, -0.15) is 4.37 Å². The summed E-state index contributed by atoms with van der Waals surface area (Å²) in [7, 11) is -0.714. The summed E-state index contributed by atoms with van der Waals surface area (Å²) in [6.07, 6.45) is 2.66. The Balaban J connectivity index is 2.05. The number of nitrogens with zero attached hydrogens (tertiary/aromatic N) is 1. The summed E-state index contributed by atoms with van der Waals surface area (Å²) in [6, 6.07) is 8.43. The molecule has 0 amide bonds. The summed E-state index contributed by atoms with van der Waals surface area (Å²) >= 11 is 1.49. The van der Waals surface area contributed by atoms with Crippen LogP contribution in [0.5, 0.6) is 0 Å². The highest BCUT2D eigenvalue weighted by Gasteiger charge is 2.08. The zero-order chi connectivity index (χ0) is 12.3. The van der Waals surface area contributed by atoms with Crippen molar-refractivity contribution < 1.29 is 4.21 Å². The van der Waals surface area contributed by atoms with Crippen molar-refractivity contribution >= 4 is 38.2 Å². The van der Waals surface area contributed by atoms with Crippen LogP contribution in [0.3, 0.4) is 0 Å². The van der Waals surface area contributed by atoms with Crippen LogP contribution in [0.2, 0.25) is 0 Å². The second-order valence-corrected chi connectivity index (χ2v) is 6.47. The molecule has 1 N–H and O–H groups in total. The van der Waals surface area contributed by atoms with Crippen LogP contribution in [0.25, 0.3) is 10.9 Å². The molecule has 0 saturated carbocycles. The topological polar surface area (TPSA) is 42.0 Å².